The van der Waals surface area contributed by atoms with E-state index < -0.39 is 5.41 Å². The quantitative estimate of drug-likeness (QED) is 0.715. The van der Waals surface area contributed by atoms with Crippen LogP contribution in [-0.2, 0) is 33.8 Å². The number of rotatable bonds is 5. The molecule has 166 valence electrons. The molecule has 3 heterocycles. The number of benzene rings is 1. The Morgan fingerprint density at radius 2 is 1.84 bits per heavy atom. The number of hydrogen-bond acceptors (Lipinski definition) is 5. The zero-order valence-corrected chi connectivity index (χ0v) is 18.8. The van der Waals surface area contributed by atoms with Gasteiger partial charge in [0, 0.05) is 31.1 Å². The third-order valence-electron chi connectivity index (χ3n) is 5.73. The van der Waals surface area contributed by atoms with Crippen LogP contribution in [0.15, 0.2) is 41.8 Å². The molecular formula is C23H29N3O4S. The van der Waals surface area contributed by atoms with Gasteiger partial charge in [-0.2, -0.15) is 0 Å². The molecule has 0 aliphatic carbocycles. The van der Waals surface area contributed by atoms with Gasteiger partial charge in [0.2, 0.25) is 11.8 Å². The second-order valence-corrected chi connectivity index (χ2v) is 9.38. The van der Waals surface area contributed by atoms with E-state index in [1.54, 1.807) is 11.3 Å². The minimum atomic E-state index is -0.503. The minimum Gasteiger partial charge on any atom is -0.483 e. The monoisotopic (exact) mass is 443 g/mol. The maximum Gasteiger partial charge on any atom is 0.290 e. The smallest absolute Gasteiger partial charge is 0.290 e. The molecule has 0 atom stereocenters. The van der Waals surface area contributed by atoms with Crippen LogP contribution in [-0.4, -0.2) is 78.4 Å². The van der Waals surface area contributed by atoms with Crippen molar-refractivity contribution in [2.45, 2.75) is 19.4 Å². The molecule has 8 heteroatoms. The summed E-state index contributed by atoms with van der Waals surface area (Å²) in [4.78, 5) is 41.6. The Labute approximate surface area is 186 Å². The maximum atomic E-state index is 13.6. The van der Waals surface area contributed by atoms with E-state index in [1.165, 1.54) is 10.4 Å². The van der Waals surface area contributed by atoms with Crippen LogP contribution in [0, 0.1) is 5.41 Å². The Morgan fingerprint density at radius 1 is 1.16 bits per heavy atom. The van der Waals surface area contributed by atoms with Gasteiger partial charge in [0.05, 0.1) is 12.0 Å². The first kappa shape index (κ1) is 23.0. The lowest BCUT2D eigenvalue weighted by atomic mass is 9.73. The van der Waals surface area contributed by atoms with Gasteiger partial charge in [0.1, 0.15) is 0 Å². The molecule has 0 unspecified atom stereocenters. The minimum absolute atomic E-state index is 0.0975. The lowest BCUT2D eigenvalue weighted by molar-refractivity contribution is -0.161. The fourth-order valence-corrected chi connectivity index (χ4v) is 5.19. The number of carboxylic acid groups (broad SMARTS) is 1. The number of thiophene rings is 1. The van der Waals surface area contributed by atoms with Crippen LogP contribution in [0.1, 0.15) is 16.0 Å². The van der Waals surface area contributed by atoms with E-state index in [2.05, 4.69) is 23.6 Å². The van der Waals surface area contributed by atoms with Crippen LogP contribution >= 0.6 is 11.3 Å². The second kappa shape index (κ2) is 10.1. The first-order chi connectivity index (χ1) is 14.9. The highest BCUT2D eigenvalue weighted by Crippen LogP contribution is 2.38. The van der Waals surface area contributed by atoms with Crippen molar-refractivity contribution >= 4 is 29.6 Å². The standard InChI is InChI=1S/C22H27N3O2S.CH2O2/c1-23(2)14-20(26)25-15-22(16-25,12-17-6-4-3-5-7-17)21(27)24-10-8-19-18(13-24)9-11-28-19;2-1-3/h3-7,9,11H,8,10,12-16H2,1-2H3;1H,(H,2,3). The van der Waals surface area contributed by atoms with Gasteiger partial charge in [-0.25, -0.2) is 0 Å². The van der Waals surface area contributed by atoms with Crippen molar-refractivity contribution in [3.8, 4) is 0 Å². The van der Waals surface area contributed by atoms with Crippen molar-refractivity contribution < 1.29 is 19.5 Å². The summed E-state index contributed by atoms with van der Waals surface area (Å²) >= 11 is 1.78. The maximum absolute atomic E-state index is 13.6. The number of carbonyl (C=O) groups excluding carboxylic acids is 2. The van der Waals surface area contributed by atoms with E-state index in [4.69, 9.17) is 9.90 Å². The van der Waals surface area contributed by atoms with E-state index in [0.717, 1.165) is 18.5 Å². The Morgan fingerprint density at radius 3 is 2.48 bits per heavy atom. The average molecular weight is 444 g/mol. The molecule has 0 saturated carbocycles. The Kier molecular flexibility index (Phi) is 7.46. The van der Waals surface area contributed by atoms with Crippen molar-refractivity contribution in [2.24, 2.45) is 5.41 Å². The Hall–Kier alpha value is -2.71. The molecule has 0 radical (unpaired) electrons. The first-order valence-electron chi connectivity index (χ1n) is 10.3. The molecule has 1 aromatic heterocycles. The molecule has 1 saturated heterocycles. The molecule has 0 spiro atoms. The third kappa shape index (κ3) is 5.32. The van der Waals surface area contributed by atoms with Gasteiger partial charge in [-0.05, 0) is 49.5 Å². The summed E-state index contributed by atoms with van der Waals surface area (Å²) in [6, 6.07) is 12.3. The number of carbonyl (C=O) groups is 3. The zero-order chi connectivity index (χ0) is 22.4. The van der Waals surface area contributed by atoms with Gasteiger partial charge < -0.3 is 19.8 Å². The summed E-state index contributed by atoms with van der Waals surface area (Å²) in [7, 11) is 3.79. The molecule has 4 rings (SSSR count). The van der Waals surface area contributed by atoms with Crippen LogP contribution in [0.25, 0.3) is 0 Å². The SMILES string of the molecule is CN(C)CC(=O)N1CC(Cc2ccccc2)(C(=O)N2CCc3sccc3C2)C1.O=CO. The molecule has 2 aromatic rings. The van der Waals surface area contributed by atoms with Crippen molar-refractivity contribution in [1.82, 2.24) is 14.7 Å². The van der Waals surface area contributed by atoms with E-state index in [-0.39, 0.29) is 18.3 Å². The van der Waals surface area contributed by atoms with Crippen molar-refractivity contribution in [3.05, 3.63) is 57.8 Å². The lowest BCUT2D eigenvalue weighted by Crippen LogP contribution is -2.67. The second-order valence-electron chi connectivity index (χ2n) is 8.38. The normalized spacial score (nSPS) is 16.6. The van der Waals surface area contributed by atoms with Crippen LogP contribution in [0.3, 0.4) is 0 Å². The third-order valence-corrected chi connectivity index (χ3v) is 6.75. The van der Waals surface area contributed by atoms with E-state index in [0.29, 0.717) is 32.6 Å². The molecule has 2 aliphatic rings. The highest BCUT2D eigenvalue weighted by atomic mass is 32.1. The highest BCUT2D eigenvalue weighted by Gasteiger charge is 2.52. The van der Waals surface area contributed by atoms with E-state index in [9.17, 15) is 9.59 Å². The van der Waals surface area contributed by atoms with Gasteiger partial charge in [0.25, 0.3) is 6.47 Å². The van der Waals surface area contributed by atoms with E-state index in [1.807, 2.05) is 47.0 Å². The van der Waals surface area contributed by atoms with Crippen LogP contribution in [0.5, 0.6) is 0 Å². The van der Waals surface area contributed by atoms with Crippen LogP contribution in [0.4, 0.5) is 0 Å². The number of amides is 2. The van der Waals surface area contributed by atoms with Gasteiger partial charge in [0.15, 0.2) is 0 Å². The van der Waals surface area contributed by atoms with Crippen LogP contribution < -0.4 is 0 Å². The first-order valence-corrected chi connectivity index (χ1v) is 11.2. The molecule has 1 N–H and O–H groups in total. The predicted molar refractivity (Wildman–Crippen MR) is 120 cm³/mol. The van der Waals surface area contributed by atoms with E-state index >= 15 is 0 Å². The number of fused-ring (bicyclic) bond motifs is 1. The molecule has 0 bridgehead atoms. The Bertz CT molecular complexity index is 907. The molecular weight excluding hydrogens is 414 g/mol. The van der Waals surface area contributed by atoms with Gasteiger partial charge in [-0.3, -0.25) is 14.4 Å². The van der Waals surface area contributed by atoms with Gasteiger partial charge in [-0.1, -0.05) is 30.3 Å². The predicted octanol–water partition coefficient (Wildman–Crippen LogP) is 1.97. The van der Waals surface area contributed by atoms with Gasteiger partial charge >= 0.3 is 0 Å². The zero-order valence-electron chi connectivity index (χ0n) is 18.0. The fraction of sp³-hybridized carbons (Fsp3) is 0.435. The summed E-state index contributed by atoms with van der Waals surface area (Å²) in [5, 5.41) is 9.00. The molecule has 2 amide bonds. The lowest BCUT2D eigenvalue weighted by Gasteiger charge is -2.51. The number of hydrogen-bond donors (Lipinski definition) is 1. The number of nitrogens with zero attached hydrogens (tertiary/aromatic N) is 3. The number of likely N-dealkylation sites (tertiary alicyclic amines) is 1. The number of likely N-dealkylation sites (N-methyl/N-ethyl adjacent to an activating group) is 1. The average Bonchev–Trinajstić information content (AvgIpc) is 3.18. The van der Waals surface area contributed by atoms with Crippen molar-refractivity contribution in [2.75, 3.05) is 40.3 Å². The molecule has 2 aliphatic heterocycles. The molecule has 1 aromatic carbocycles. The Balaban J connectivity index is 0.000000858. The summed E-state index contributed by atoms with van der Waals surface area (Å²) < 4.78 is 0. The van der Waals surface area contributed by atoms with Crippen molar-refractivity contribution in [3.63, 3.8) is 0 Å². The summed E-state index contributed by atoms with van der Waals surface area (Å²) in [6.07, 6.45) is 1.62. The topological polar surface area (TPSA) is 81.2 Å². The van der Waals surface area contributed by atoms with Crippen LogP contribution in [0.2, 0.25) is 0 Å². The largest absolute Gasteiger partial charge is 0.483 e. The molecule has 1 fully saturated rings. The van der Waals surface area contributed by atoms with Crippen molar-refractivity contribution in [1.29, 1.82) is 0 Å². The fourth-order valence-electron chi connectivity index (χ4n) is 4.30. The van der Waals surface area contributed by atoms with Gasteiger partial charge in [-0.15, -0.1) is 11.3 Å². The summed E-state index contributed by atoms with van der Waals surface area (Å²) in [5.74, 6) is 0.294. The summed E-state index contributed by atoms with van der Waals surface area (Å²) in [5.41, 5.74) is 1.93. The molecule has 31 heavy (non-hydrogen) atoms. The highest BCUT2D eigenvalue weighted by molar-refractivity contribution is 7.10. The molecule has 7 nitrogen and oxygen atoms in total. The summed E-state index contributed by atoms with van der Waals surface area (Å²) in [6.45, 7) is 2.63.